The molecule has 196 valence electrons. The molecule has 8 heteroatoms. The number of carbonyl (C=O) groups excluding carboxylic acids is 2. The second-order valence-electron chi connectivity index (χ2n) is 10.8. The van der Waals surface area contributed by atoms with Crippen LogP contribution in [0.1, 0.15) is 51.5 Å². The van der Waals surface area contributed by atoms with Gasteiger partial charge in [0.05, 0.1) is 19.1 Å². The molecule has 0 unspecified atom stereocenters. The molecular formula is C28H37NO7. The number of methoxy groups -OCH3 is 1. The zero-order valence-electron chi connectivity index (χ0n) is 21.3. The average Bonchev–Trinajstić information content (AvgIpc) is 2.85. The quantitative estimate of drug-likeness (QED) is 0.455. The number of aryl methyl sites for hydroxylation is 1. The molecule has 2 N–H and O–H groups in total. The van der Waals surface area contributed by atoms with E-state index in [-0.39, 0.29) is 41.4 Å². The predicted molar refractivity (Wildman–Crippen MR) is 131 cm³/mol. The van der Waals surface area contributed by atoms with E-state index in [0.29, 0.717) is 12.2 Å². The first kappa shape index (κ1) is 25.1. The Hall–Kier alpha value is -2.58. The molecule has 4 aliphatic rings. The number of piperidine rings is 1. The maximum absolute atomic E-state index is 13.1. The Labute approximate surface area is 212 Å². The molecule has 1 aromatic carbocycles. The minimum absolute atomic E-state index is 0.0195. The molecule has 5 rings (SSSR count). The third-order valence-corrected chi connectivity index (χ3v) is 8.83. The first-order valence-electron chi connectivity index (χ1n) is 13.1. The van der Waals surface area contributed by atoms with E-state index in [0.717, 1.165) is 44.3 Å². The second-order valence-corrected chi connectivity index (χ2v) is 10.8. The molecule has 2 saturated carbocycles. The van der Waals surface area contributed by atoms with E-state index in [1.54, 1.807) is 18.2 Å². The van der Waals surface area contributed by atoms with E-state index >= 15 is 0 Å². The van der Waals surface area contributed by atoms with E-state index in [2.05, 4.69) is 17.9 Å². The Morgan fingerprint density at radius 1 is 1.19 bits per heavy atom. The van der Waals surface area contributed by atoms with Crippen LogP contribution >= 0.6 is 0 Å². The van der Waals surface area contributed by atoms with Crippen LogP contribution < -0.4 is 4.74 Å². The number of nitrogens with zero attached hydrogens (tertiary/aromatic N) is 1. The molecule has 2 aliphatic carbocycles. The summed E-state index contributed by atoms with van der Waals surface area (Å²) in [5.74, 6) is -0.661. The number of aliphatic hydroxyl groups excluding tert-OH is 1. The SMILES string of the molecule is COc1cc(CCC(=O)O[C@@H]2[C@@H](O)[C@H]3CCCN4CCC=C5[C@H]2[C@H](OC(C)=O)[C@@H](C)C[C@@]534)ccc1O. The fraction of sp³-hybridized carbons (Fsp3) is 0.643. The summed E-state index contributed by atoms with van der Waals surface area (Å²) in [6.07, 6.45) is 4.39. The Balaban J connectivity index is 1.41. The Morgan fingerprint density at radius 2 is 2.00 bits per heavy atom. The molecule has 2 bridgehead atoms. The monoisotopic (exact) mass is 499 g/mol. The molecule has 0 amide bonds. The molecule has 2 aliphatic heterocycles. The van der Waals surface area contributed by atoms with E-state index < -0.39 is 24.3 Å². The second kappa shape index (κ2) is 9.71. The number of ether oxygens (including phenoxy) is 3. The number of phenolic OH excluding ortho intramolecular Hbond substituents is 1. The van der Waals surface area contributed by atoms with E-state index in [1.165, 1.54) is 19.6 Å². The summed E-state index contributed by atoms with van der Waals surface area (Å²) >= 11 is 0. The van der Waals surface area contributed by atoms with Crippen molar-refractivity contribution in [1.29, 1.82) is 0 Å². The molecule has 0 radical (unpaired) electrons. The highest BCUT2D eigenvalue weighted by Crippen LogP contribution is 2.59. The smallest absolute Gasteiger partial charge is 0.306 e. The van der Waals surface area contributed by atoms with Crippen LogP contribution in [0, 0.1) is 17.8 Å². The van der Waals surface area contributed by atoms with Gasteiger partial charge in [0.25, 0.3) is 0 Å². The summed E-state index contributed by atoms with van der Waals surface area (Å²) in [5.41, 5.74) is 1.78. The summed E-state index contributed by atoms with van der Waals surface area (Å²) in [4.78, 5) is 27.7. The number of hydrogen-bond donors (Lipinski definition) is 2. The van der Waals surface area contributed by atoms with Gasteiger partial charge in [0.15, 0.2) is 11.5 Å². The molecule has 1 aromatic rings. The minimum Gasteiger partial charge on any atom is -0.504 e. The lowest BCUT2D eigenvalue weighted by Crippen LogP contribution is -2.74. The first-order chi connectivity index (χ1) is 17.3. The van der Waals surface area contributed by atoms with Crippen LogP contribution in [-0.4, -0.2) is 71.1 Å². The Morgan fingerprint density at radius 3 is 2.75 bits per heavy atom. The van der Waals surface area contributed by atoms with Crippen molar-refractivity contribution in [1.82, 2.24) is 4.90 Å². The molecule has 3 fully saturated rings. The minimum atomic E-state index is -0.823. The average molecular weight is 500 g/mol. The van der Waals surface area contributed by atoms with Gasteiger partial charge in [-0.2, -0.15) is 0 Å². The van der Waals surface area contributed by atoms with Crippen LogP contribution in [0.2, 0.25) is 0 Å². The van der Waals surface area contributed by atoms with Gasteiger partial charge in [-0.25, -0.2) is 0 Å². The van der Waals surface area contributed by atoms with Crippen LogP contribution in [0.15, 0.2) is 29.8 Å². The highest BCUT2D eigenvalue weighted by molar-refractivity contribution is 5.70. The zero-order chi connectivity index (χ0) is 25.6. The van der Waals surface area contributed by atoms with Gasteiger partial charge in [-0.1, -0.05) is 19.1 Å². The summed E-state index contributed by atoms with van der Waals surface area (Å²) in [5, 5.41) is 21.5. The highest BCUT2D eigenvalue weighted by Gasteiger charge is 2.66. The van der Waals surface area contributed by atoms with Gasteiger partial charge < -0.3 is 24.4 Å². The molecule has 1 saturated heterocycles. The maximum atomic E-state index is 13.1. The number of esters is 2. The van der Waals surface area contributed by atoms with E-state index in [4.69, 9.17) is 14.2 Å². The van der Waals surface area contributed by atoms with Gasteiger partial charge in [-0.15, -0.1) is 0 Å². The summed E-state index contributed by atoms with van der Waals surface area (Å²) in [7, 11) is 1.48. The van der Waals surface area contributed by atoms with Crippen molar-refractivity contribution in [3.05, 3.63) is 35.4 Å². The van der Waals surface area contributed by atoms with E-state index in [9.17, 15) is 19.8 Å². The molecule has 2 heterocycles. The van der Waals surface area contributed by atoms with Crippen molar-refractivity contribution in [2.45, 2.75) is 76.2 Å². The van der Waals surface area contributed by atoms with Gasteiger partial charge in [0.1, 0.15) is 12.2 Å². The van der Waals surface area contributed by atoms with Gasteiger partial charge in [-0.3, -0.25) is 14.5 Å². The third kappa shape index (κ3) is 4.08. The van der Waals surface area contributed by atoms with Crippen LogP contribution in [0.5, 0.6) is 11.5 Å². The lowest BCUT2D eigenvalue weighted by molar-refractivity contribution is -0.212. The number of aliphatic hydroxyl groups is 1. The molecule has 0 aromatic heterocycles. The summed E-state index contributed by atoms with van der Waals surface area (Å²) in [6.45, 7) is 5.48. The Kier molecular flexibility index (Phi) is 6.76. The summed E-state index contributed by atoms with van der Waals surface area (Å²) < 4.78 is 17.1. The highest BCUT2D eigenvalue weighted by atomic mass is 16.6. The molecular weight excluding hydrogens is 462 g/mol. The van der Waals surface area contributed by atoms with Crippen molar-refractivity contribution >= 4 is 11.9 Å². The standard InChI is InChI=1S/C28H37NO7/c1-16-15-28-19-6-4-12-29(28)13-5-7-20(28)25(33)27(24(19)26(16)35-17(2)30)36-23(32)11-9-18-8-10-21(31)22(14-18)34-3/h6,8,10,14,16,20,24-27,31,33H,4-5,7,9,11-13,15H2,1-3H3/t16-,20+,24-,25-,26+,27-,28+/m0/s1. The summed E-state index contributed by atoms with van der Waals surface area (Å²) in [6, 6.07) is 4.99. The lowest BCUT2D eigenvalue weighted by Gasteiger charge is -2.66. The van der Waals surface area contributed by atoms with Crippen LogP contribution in [0.25, 0.3) is 0 Å². The number of benzene rings is 1. The van der Waals surface area contributed by atoms with Crippen LogP contribution in [-0.2, 0) is 25.5 Å². The zero-order valence-corrected chi connectivity index (χ0v) is 21.3. The normalized spacial score (nSPS) is 35.3. The number of aromatic hydroxyl groups is 1. The fourth-order valence-corrected chi connectivity index (χ4v) is 7.51. The molecule has 7 atom stereocenters. The number of hydrogen-bond acceptors (Lipinski definition) is 8. The van der Waals surface area contributed by atoms with E-state index in [1.807, 2.05) is 0 Å². The third-order valence-electron chi connectivity index (χ3n) is 8.83. The topological polar surface area (TPSA) is 106 Å². The maximum Gasteiger partial charge on any atom is 0.306 e. The van der Waals surface area contributed by atoms with Crippen LogP contribution in [0.4, 0.5) is 0 Å². The predicted octanol–water partition coefficient (Wildman–Crippen LogP) is 2.99. The van der Waals surface area contributed by atoms with Crippen molar-refractivity contribution < 1.29 is 34.0 Å². The van der Waals surface area contributed by atoms with Gasteiger partial charge in [-0.05, 0) is 67.8 Å². The van der Waals surface area contributed by atoms with Crippen molar-refractivity contribution in [2.75, 3.05) is 20.2 Å². The van der Waals surface area contributed by atoms with Gasteiger partial charge >= 0.3 is 11.9 Å². The van der Waals surface area contributed by atoms with Crippen molar-refractivity contribution in [2.24, 2.45) is 17.8 Å². The van der Waals surface area contributed by atoms with Gasteiger partial charge in [0, 0.05) is 31.3 Å². The first-order valence-corrected chi connectivity index (χ1v) is 13.1. The number of phenols is 1. The van der Waals surface area contributed by atoms with Crippen molar-refractivity contribution in [3.63, 3.8) is 0 Å². The van der Waals surface area contributed by atoms with Crippen LogP contribution in [0.3, 0.4) is 0 Å². The molecule has 36 heavy (non-hydrogen) atoms. The molecule has 8 nitrogen and oxygen atoms in total. The van der Waals surface area contributed by atoms with Gasteiger partial charge in [0.2, 0.25) is 0 Å². The lowest BCUT2D eigenvalue weighted by atomic mass is 9.50. The number of carbonyl (C=O) groups is 2. The number of rotatable bonds is 6. The largest absolute Gasteiger partial charge is 0.504 e. The molecule has 1 spiro atoms. The Bertz CT molecular complexity index is 1050. The van der Waals surface area contributed by atoms with Crippen molar-refractivity contribution in [3.8, 4) is 11.5 Å². The fourth-order valence-electron chi connectivity index (χ4n) is 7.51.